The number of carbonyl (C=O) groups excluding carboxylic acids is 1. The van der Waals surface area contributed by atoms with Gasteiger partial charge in [0.15, 0.2) is 0 Å². The van der Waals surface area contributed by atoms with Crippen LogP contribution in [0, 0.1) is 0 Å². The van der Waals surface area contributed by atoms with Crippen molar-refractivity contribution in [2.24, 2.45) is 0 Å². The molecule has 7 heteroatoms. The summed E-state index contributed by atoms with van der Waals surface area (Å²) in [6, 6.07) is 12.3. The van der Waals surface area contributed by atoms with Crippen molar-refractivity contribution in [1.82, 2.24) is 9.55 Å². The second kappa shape index (κ2) is 9.26. The molecular weight excluding hydrogens is 385 g/mol. The van der Waals surface area contributed by atoms with Gasteiger partial charge >= 0.3 is 0 Å². The van der Waals surface area contributed by atoms with Gasteiger partial charge in [-0.15, -0.1) is 0 Å². The number of anilines is 1. The lowest BCUT2D eigenvalue weighted by atomic mass is 10.2. The third-order valence-electron chi connectivity index (χ3n) is 3.68. The SMILES string of the molecule is O=C(/C=C/c1cc(Cl)ccc1Cl)Nc1ccccc1OCCn1ccnc1. The summed E-state index contributed by atoms with van der Waals surface area (Å²) >= 11 is 12.0. The van der Waals surface area contributed by atoms with Crippen molar-refractivity contribution in [3.63, 3.8) is 0 Å². The van der Waals surface area contributed by atoms with E-state index in [9.17, 15) is 4.79 Å². The number of hydrogen-bond acceptors (Lipinski definition) is 3. The number of aromatic nitrogens is 2. The number of halogens is 2. The number of ether oxygens (including phenoxy) is 1. The molecule has 0 spiro atoms. The predicted molar refractivity (Wildman–Crippen MR) is 108 cm³/mol. The van der Waals surface area contributed by atoms with Gasteiger partial charge in [0.2, 0.25) is 5.91 Å². The molecule has 0 fully saturated rings. The molecule has 0 saturated carbocycles. The van der Waals surface area contributed by atoms with Crippen molar-refractivity contribution >= 4 is 40.9 Å². The van der Waals surface area contributed by atoms with Crippen LogP contribution in [0.3, 0.4) is 0 Å². The number of hydrogen-bond donors (Lipinski definition) is 1. The minimum atomic E-state index is -0.295. The van der Waals surface area contributed by atoms with E-state index in [4.69, 9.17) is 27.9 Å². The van der Waals surface area contributed by atoms with Gasteiger partial charge < -0.3 is 14.6 Å². The van der Waals surface area contributed by atoms with E-state index in [2.05, 4.69) is 10.3 Å². The Morgan fingerprint density at radius 2 is 2.07 bits per heavy atom. The van der Waals surface area contributed by atoms with E-state index in [1.807, 2.05) is 22.9 Å². The number of nitrogens with zero attached hydrogens (tertiary/aromatic N) is 2. The molecule has 3 aromatic rings. The van der Waals surface area contributed by atoms with E-state index in [1.54, 1.807) is 48.9 Å². The summed E-state index contributed by atoms with van der Waals surface area (Å²) in [5.41, 5.74) is 1.26. The third kappa shape index (κ3) is 5.61. The van der Waals surface area contributed by atoms with Crippen LogP contribution in [-0.2, 0) is 11.3 Å². The Kier molecular flexibility index (Phi) is 6.52. The van der Waals surface area contributed by atoms with Crippen molar-refractivity contribution in [2.75, 3.05) is 11.9 Å². The van der Waals surface area contributed by atoms with E-state index in [0.29, 0.717) is 40.2 Å². The molecule has 1 N–H and O–H groups in total. The van der Waals surface area contributed by atoms with Crippen LogP contribution in [0.4, 0.5) is 5.69 Å². The van der Waals surface area contributed by atoms with E-state index in [0.717, 1.165) is 0 Å². The standard InChI is InChI=1S/C20H17Cl2N3O2/c21-16-6-7-17(22)15(13-16)5-8-20(26)24-18-3-1-2-4-19(18)27-12-11-25-10-9-23-14-25/h1-10,13-14H,11-12H2,(H,24,26)/b8-5+. The number of benzene rings is 2. The van der Waals surface area contributed by atoms with Crippen LogP contribution in [0.15, 0.2) is 67.3 Å². The summed E-state index contributed by atoms with van der Waals surface area (Å²) < 4.78 is 7.70. The monoisotopic (exact) mass is 401 g/mol. The van der Waals surface area contributed by atoms with Crippen LogP contribution in [-0.4, -0.2) is 22.1 Å². The average Bonchev–Trinajstić information content (AvgIpc) is 3.17. The summed E-state index contributed by atoms with van der Waals surface area (Å²) in [6.07, 6.45) is 8.32. The summed E-state index contributed by atoms with van der Waals surface area (Å²) in [6.45, 7) is 1.12. The molecule has 138 valence electrons. The molecule has 0 saturated heterocycles. The van der Waals surface area contributed by atoms with Crippen molar-refractivity contribution in [1.29, 1.82) is 0 Å². The van der Waals surface area contributed by atoms with Gasteiger partial charge in [-0.1, -0.05) is 35.3 Å². The number of carbonyl (C=O) groups is 1. The summed E-state index contributed by atoms with van der Waals surface area (Å²) in [5.74, 6) is 0.303. The van der Waals surface area contributed by atoms with Gasteiger partial charge in [-0.3, -0.25) is 4.79 Å². The van der Waals surface area contributed by atoms with Gasteiger partial charge in [0, 0.05) is 28.5 Å². The molecule has 0 atom stereocenters. The molecule has 1 amide bonds. The van der Waals surface area contributed by atoms with Gasteiger partial charge in [-0.2, -0.15) is 0 Å². The zero-order valence-corrected chi connectivity index (χ0v) is 15.8. The lowest BCUT2D eigenvalue weighted by Gasteiger charge is -2.12. The quantitative estimate of drug-likeness (QED) is 0.571. The number of imidazole rings is 1. The normalized spacial score (nSPS) is 10.9. The Hall–Kier alpha value is -2.76. The van der Waals surface area contributed by atoms with Crippen LogP contribution in [0.5, 0.6) is 5.75 Å². The fourth-order valence-corrected chi connectivity index (χ4v) is 2.72. The van der Waals surface area contributed by atoms with Crippen molar-refractivity contribution in [2.45, 2.75) is 6.54 Å². The molecule has 2 aromatic carbocycles. The van der Waals surface area contributed by atoms with E-state index in [-0.39, 0.29) is 5.91 Å². The first-order valence-corrected chi connectivity index (χ1v) is 8.99. The van der Waals surface area contributed by atoms with Gasteiger partial charge in [0.1, 0.15) is 12.4 Å². The highest BCUT2D eigenvalue weighted by atomic mass is 35.5. The zero-order valence-electron chi connectivity index (χ0n) is 14.3. The van der Waals surface area contributed by atoms with Crippen LogP contribution in [0.1, 0.15) is 5.56 Å². The molecule has 0 aliphatic heterocycles. The number of para-hydroxylation sites is 2. The Bertz CT molecular complexity index is 940. The fourth-order valence-electron chi connectivity index (χ4n) is 2.36. The van der Waals surface area contributed by atoms with Gasteiger partial charge in [-0.05, 0) is 42.0 Å². The minimum absolute atomic E-state index is 0.295. The van der Waals surface area contributed by atoms with Gasteiger partial charge in [-0.25, -0.2) is 4.98 Å². The molecule has 5 nitrogen and oxygen atoms in total. The maximum atomic E-state index is 12.3. The van der Waals surface area contributed by atoms with Crippen molar-refractivity contribution < 1.29 is 9.53 Å². The summed E-state index contributed by atoms with van der Waals surface area (Å²) in [4.78, 5) is 16.2. The summed E-state index contributed by atoms with van der Waals surface area (Å²) in [7, 11) is 0. The Morgan fingerprint density at radius 1 is 1.22 bits per heavy atom. The summed E-state index contributed by atoms with van der Waals surface area (Å²) in [5, 5.41) is 3.88. The highest BCUT2D eigenvalue weighted by Gasteiger charge is 2.06. The van der Waals surface area contributed by atoms with Crippen LogP contribution in [0.25, 0.3) is 6.08 Å². The smallest absolute Gasteiger partial charge is 0.248 e. The maximum Gasteiger partial charge on any atom is 0.248 e. The van der Waals surface area contributed by atoms with Crippen molar-refractivity contribution in [3.05, 3.63) is 82.9 Å². The van der Waals surface area contributed by atoms with Gasteiger partial charge in [0.05, 0.1) is 18.6 Å². The highest BCUT2D eigenvalue weighted by molar-refractivity contribution is 6.34. The minimum Gasteiger partial charge on any atom is -0.490 e. The third-order valence-corrected chi connectivity index (χ3v) is 4.26. The Labute approximate surface area is 167 Å². The molecule has 3 rings (SSSR count). The maximum absolute atomic E-state index is 12.3. The molecule has 0 unspecified atom stereocenters. The fraction of sp³-hybridized carbons (Fsp3) is 0.100. The van der Waals surface area contributed by atoms with E-state index in [1.165, 1.54) is 6.08 Å². The molecule has 0 aliphatic carbocycles. The average molecular weight is 402 g/mol. The second-order valence-corrected chi connectivity index (χ2v) is 6.48. The predicted octanol–water partition coefficient (Wildman–Crippen LogP) is 4.92. The second-order valence-electron chi connectivity index (χ2n) is 5.63. The molecule has 1 heterocycles. The number of amides is 1. The van der Waals surface area contributed by atoms with Crippen LogP contribution >= 0.6 is 23.2 Å². The first-order chi connectivity index (χ1) is 13.1. The van der Waals surface area contributed by atoms with E-state index >= 15 is 0 Å². The lowest BCUT2D eigenvalue weighted by Crippen LogP contribution is -2.11. The number of rotatable bonds is 7. The van der Waals surface area contributed by atoms with Crippen LogP contribution in [0.2, 0.25) is 10.0 Å². The van der Waals surface area contributed by atoms with Crippen molar-refractivity contribution in [3.8, 4) is 5.75 Å². The highest BCUT2D eigenvalue weighted by Crippen LogP contribution is 2.24. The largest absolute Gasteiger partial charge is 0.490 e. The Morgan fingerprint density at radius 3 is 2.89 bits per heavy atom. The molecule has 0 bridgehead atoms. The molecule has 1 aromatic heterocycles. The Balaban J connectivity index is 1.62. The first-order valence-electron chi connectivity index (χ1n) is 8.23. The first kappa shape index (κ1) is 19.0. The molecule has 0 aliphatic rings. The van der Waals surface area contributed by atoms with E-state index < -0.39 is 0 Å². The molecule has 0 radical (unpaired) electrons. The van der Waals surface area contributed by atoms with Gasteiger partial charge in [0.25, 0.3) is 0 Å². The molecule has 27 heavy (non-hydrogen) atoms. The van der Waals surface area contributed by atoms with Crippen LogP contribution < -0.4 is 10.1 Å². The zero-order chi connectivity index (χ0) is 19.1. The lowest BCUT2D eigenvalue weighted by molar-refractivity contribution is -0.111. The molecular formula is C20H17Cl2N3O2. The number of nitrogens with one attached hydrogen (secondary N) is 1. The topological polar surface area (TPSA) is 56.1 Å².